The van der Waals surface area contributed by atoms with Crippen LogP contribution in [-0.2, 0) is 4.74 Å². The molecule has 0 bridgehead atoms. The standard InChI is InChI=1S/C12H16BrNO2/c1-7-3-4-8(13)5-10(7)16-11-6-9(14)12(11)15-2/h3-5,9,11-12H,6,14H2,1-2H3. The smallest absolute Gasteiger partial charge is 0.128 e. The van der Waals surface area contributed by atoms with Crippen LogP contribution in [0.25, 0.3) is 0 Å². The Hall–Kier alpha value is -0.580. The van der Waals surface area contributed by atoms with Crippen LogP contribution in [0.4, 0.5) is 0 Å². The van der Waals surface area contributed by atoms with Gasteiger partial charge in [-0.15, -0.1) is 0 Å². The van der Waals surface area contributed by atoms with Gasteiger partial charge in [0.15, 0.2) is 0 Å². The third-order valence-electron chi connectivity index (χ3n) is 2.99. The zero-order valence-corrected chi connectivity index (χ0v) is 11.0. The van der Waals surface area contributed by atoms with Gasteiger partial charge in [0, 0.05) is 24.0 Å². The number of hydrogen-bond donors (Lipinski definition) is 1. The Kier molecular flexibility index (Phi) is 3.52. The van der Waals surface area contributed by atoms with E-state index >= 15 is 0 Å². The number of hydrogen-bond acceptors (Lipinski definition) is 3. The summed E-state index contributed by atoms with van der Waals surface area (Å²) in [4.78, 5) is 0. The average molecular weight is 286 g/mol. The molecule has 0 spiro atoms. The number of ether oxygens (including phenoxy) is 2. The van der Waals surface area contributed by atoms with E-state index in [1.54, 1.807) is 7.11 Å². The molecule has 3 nitrogen and oxygen atoms in total. The monoisotopic (exact) mass is 285 g/mol. The summed E-state index contributed by atoms with van der Waals surface area (Å²) in [5.74, 6) is 0.897. The minimum Gasteiger partial charge on any atom is -0.487 e. The molecule has 0 aliphatic heterocycles. The third kappa shape index (κ3) is 2.24. The fraction of sp³-hybridized carbons (Fsp3) is 0.500. The van der Waals surface area contributed by atoms with Crippen LogP contribution in [-0.4, -0.2) is 25.4 Å². The van der Waals surface area contributed by atoms with Gasteiger partial charge in [-0.05, 0) is 24.6 Å². The van der Waals surface area contributed by atoms with E-state index in [1.165, 1.54) is 0 Å². The van der Waals surface area contributed by atoms with Crippen molar-refractivity contribution in [1.29, 1.82) is 0 Å². The molecule has 0 saturated heterocycles. The number of aryl methyl sites for hydroxylation is 1. The van der Waals surface area contributed by atoms with E-state index in [2.05, 4.69) is 15.9 Å². The van der Waals surface area contributed by atoms with Crippen LogP contribution in [0.1, 0.15) is 12.0 Å². The van der Waals surface area contributed by atoms with E-state index in [1.807, 2.05) is 25.1 Å². The molecule has 2 rings (SSSR count). The van der Waals surface area contributed by atoms with Crippen LogP contribution < -0.4 is 10.5 Å². The highest BCUT2D eigenvalue weighted by Gasteiger charge is 2.41. The van der Waals surface area contributed by atoms with Gasteiger partial charge in [-0.2, -0.15) is 0 Å². The second kappa shape index (κ2) is 4.73. The molecule has 88 valence electrons. The Labute approximate surface area is 104 Å². The topological polar surface area (TPSA) is 44.5 Å². The molecule has 3 unspecified atom stereocenters. The maximum absolute atomic E-state index is 5.90. The van der Waals surface area contributed by atoms with Crippen molar-refractivity contribution in [3.05, 3.63) is 28.2 Å². The minimum absolute atomic E-state index is 0.0124. The zero-order chi connectivity index (χ0) is 11.7. The Bertz CT molecular complexity index is 383. The first kappa shape index (κ1) is 11.9. The number of methoxy groups -OCH3 is 1. The summed E-state index contributed by atoms with van der Waals surface area (Å²) < 4.78 is 12.2. The molecule has 0 heterocycles. The van der Waals surface area contributed by atoms with E-state index in [9.17, 15) is 0 Å². The summed E-state index contributed by atoms with van der Waals surface area (Å²) in [7, 11) is 1.67. The van der Waals surface area contributed by atoms with Gasteiger partial charge in [-0.1, -0.05) is 22.0 Å². The van der Waals surface area contributed by atoms with Crippen molar-refractivity contribution in [3.63, 3.8) is 0 Å². The Morgan fingerprint density at radius 3 is 2.81 bits per heavy atom. The number of rotatable bonds is 3. The van der Waals surface area contributed by atoms with Gasteiger partial charge in [0.05, 0.1) is 0 Å². The van der Waals surface area contributed by atoms with Crippen LogP contribution in [0.2, 0.25) is 0 Å². The van der Waals surface area contributed by atoms with Crippen molar-refractivity contribution < 1.29 is 9.47 Å². The van der Waals surface area contributed by atoms with Crippen LogP contribution >= 0.6 is 15.9 Å². The van der Waals surface area contributed by atoms with Crippen molar-refractivity contribution in [2.24, 2.45) is 5.73 Å². The lowest BCUT2D eigenvalue weighted by molar-refractivity contribution is -0.0784. The molecule has 1 aromatic rings. The van der Waals surface area contributed by atoms with Gasteiger partial charge in [0.25, 0.3) is 0 Å². The van der Waals surface area contributed by atoms with E-state index in [0.717, 1.165) is 22.2 Å². The summed E-state index contributed by atoms with van der Waals surface area (Å²) in [6, 6.07) is 6.11. The Morgan fingerprint density at radius 2 is 2.19 bits per heavy atom. The molecule has 2 N–H and O–H groups in total. The molecule has 16 heavy (non-hydrogen) atoms. The quantitative estimate of drug-likeness (QED) is 0.927. The molecule has 3 atom stereocenters. The molecule has 1 saturated carbocycles. The molecule has 4 heteroatoms. The van der Waals surface area contributed by atoms with E-state index < -0.39 is 0 Å². The maximum Gasteiger partial charge on any atom is 0.128 e. The lowest BCUT2D eigenvalue weighted by Crippen LogP contribution is -2.59. The normalized spacial score (nSPS) is 28.6. The van der Waals surface area contributed by atoms with Gasteiger partial charge in [-0.25, -0.2) is 0 Å². The van der Waals surface area contributed by atoms with Gasteiger partial charge in [0.2, 0.25) is 0 Å². The average Bonchev–Trinajstić information content (AvgIpc) is 2.23. The van der Waals surface area contributed by atoms with Crippen LogP contribution in [0.5, 0.6) is 5.75 Å². The van der Waals surface area contributed by atoms with E-state index in [4.69, 9.17) is 15.2 Å². The first-order chi connectivity index (χ1) is 7.61. The lowest BCUT2D eigenvalue weighted by atomic mass is 9.86. The van der Waals surface area contributed by atoms with E-state index in [-0.39, 0.29) is 18.2 Å². The first-order valence-corrected chi connectivity index (χ1v) is 6.12. The fourth-order valence-electron chi connectivity index (χ4n) is 1.92. The highest BCUT2D eigenvalue weighted by Crippen LogP contribution is 2.30. The summed E-state index contributed by atoms with van der Waals surface area (Å²) in [6.07, 6.45) is 0.941. The SMILES string of the molecule is COC1C(N)CC1Oc1cc(Br)ccc1C. The van der Waals surface area contributed by atoms with Crippen molar-refractivity contribution in [2.75, 3.05) is 7.11 Å². The van der Waals surface area contributed by atoms with Gasteiger partial charge < -0.3 is 15.2 Å². The fourth-order valence-corrected chi connectivity index (χ4v) is 2.26. The van der Waals surface area contributed by atoms with Crippen LogP contribution in [0.15, 0.2) is 22.7 Å². The second-order valence-corrected chi connectivity index (χ2v) is 5.08. The third-order valence-corrected chi connectivity index (χ3v) is 3.49. The van der Waals surface area contributed by atoms with Crippen molar-refractivity contribution in [2.45, 2.75) is 31.6 Å². The van der Waals surface area contributed by atoms with Crippen LogP contribution in [0, 0.1) is 6.92 Å². The summed E-state index contributed by atoms with van der Waals surface area (Å²) >= 11 is 3.43. The molecule has 1 aliphatic rings. The molecule has 0 aromatic heterocycles. The lowest BCUT2D eigenvalue weighted by Gasteiger charge is -2.41. The first-order valence-electron chi connectivity index (χ1n) is 5.33. The maximum atomic E-state index is 5.90. The second-order valence-electron chi connectivity index (χ2n) is 4.17. The van der Waals surface area contributed by atoms with Gasteiger partial charge >= 0.3 is 0 Å². The largest absolute Gasteiger partial charge is 0.487 e. The number of nitrogens with two attached hydrogens (primary N) is 1. The highest BCUT2D eigenvalue weighted by atomic mass is 79.9. The van der Waals surface area contributed by atoms with Crippen molar-refractivity contribution in [1.82, 2.24) is 0 Å². The molecule has 1 fully saturated rings. The molecule has 1 aromatic carbocycles. The molecular formula is C12H16BrNO2. The summed E-state index contributed by atoms with van der Waals surface area (Å²) in [6.45, 7) is 2.03. The molecule has 0 amide bonds. The minimum atomic E-state index is 0.0124. The zero-order valence-electron chi connectivity index (χ0n) is 9.44. The number of halogens is 1. The molecule has 0 radical (unpaired) electrons. The van der Waals surface area contributed by atoms with Crippen molar-refractivity contribution >= 4 is 15.9 Å². The highest BCUT2D eigenvalue weighted by molar-refractivity contribution is 9.10. The molecule has 1 aliphatic carbocycles. The van der Waals surface area contributed by atoms with Gasteiger partial charge in [0.1, 0.15) is 18.0 Å². The molecular weight excluding hydrogens is 270 g/mol. The predicted octanol–water partition coefficient (Wildman–Crippen LogP) is 2.25. The number of benzene rings is 1. The van der Waals surface area contributed by atoms with Gasteiger partial charge in [-0.3, -0.25) is 0 Å². The van der Waals surface area contributed by atoms with Crippen molar-refractivity contribution in [3.8, 4) is 5.75 Å². The Balaban J connectivity index is 2.07. The predicted molar refractivity (Wildman–Crippen MR) is 66.7 cm³/mol. The van der Waals surface area contributed by atoms with E-state index in [0.29, 0.717) is 0 Å². The van der Waals surface area contributed by atoms with Crippen LogP contribution in [0.3, 0.4) is 0 Å². The summed E-state index contributed by atoms with van der Waals surface area (Å²) in [5, 5.41) is 0. The Morgan fingerprint density at radius 1 is 1.44 bits per heavy atom. The summed E-state index contributed by atoms with van der Waals surface area (Å²) in [5.41, 5.74) is 6.95.